The Hall–Kier alpha value is -1.59. The zero-order valence-electron chi connectivity index (χ0n) is 10.2. The van der Waals surface area contributed by atoms with Gasteiger partial charge in [-0.1, -0.05) is 17.7 Å². The Morgan fingerprint density at radius 2 is 2.05 bits per heavy atom. The molecule has 0 spiro atoms. The molecule has 2 aromatic rings. The van der Waals surface area contributed by atoms with Gasteiger partial charge in [-0.2, -0.15) is 0 Å². The number of thioether (sulfide) groups is 1. The molecule has 19 heavy (non-hydrogen) atoms. The second-order valence-electron chi connectivity index (χ2n) is 3.78. The van der Waals surface area contributed by atoms with Crippen LogP contribution in [0.4, 0.5) is 5.95 Å². The summed E-state index contributed by atoms with van der Waals surface area (Å²) in [5.41, 5.74) is 0. The van der Waals surface area contributed by atoms with Gasteiger partial charge in [0.2, 0.25) is 11.9 Å². The predicted octanol–water partition coefficient (Wildman–Crippen LogP) is 3.25. The van der Waals surface area contributed by atoms with Crippen molar-refractivity contribution in [1.82, 2.24) is 9.97 Å². The van der Waals surface area contributed by atoms with Gasteiger partial charge in [0, 0.05) is 22.3 Å². The fourth-order valence-corrected chi connectivity index (χ4v) is 2.55. The molecule has 1 aromatic heterocycles. The van der Waals surface area contributed by atoms with Gasteiger partial charge in [0.05, 0.1) is 5.25 Å². The second kappa shape index (κ2) is 6.54. The summed E-state index contributed by atoms with van der Waals surface area (Å²) in [6.07, 6.45) is 3.16. The first kappa shape index (κ1) is 13.8. The van der Waals surface area contributed by atoms with Gasteiger partial charge in [0.1, 0.15) is 0 Å². The van der Waals surface area contributed by atoms with Gasteiger partial charge in [-0.3, -0.25) is 10.1 Å². The average Bonchev–Trinajstić information content (AvgIpc) is 2.40. The third kappa shape index (κ3) is 4.22. The van der Waals surface area contributed by atoms with Crippen molar-refractivity contribution in [2.45, 2.75) is 17.1 Å². The van der Waals surface area contributed by atoms with E-state index in [1.165, 1.54) is 11.8 Å². The van der Waals surface area contributed by atoms with Gasteiger partial charge in [-0.05, 0) is 31.2 Å². The van der Waals surface area contributed by atoms with Crippen LogP contribution in [0.15, 0.2) is 47.6 Å². The van der Waals surface area contributed by atoms with E-state index in [9.17, 15) is 4.79 Å². The first-order valence-corrected chi connectivity index (χ1v) is 6.91. The van der Waals surface area contributed by atoms with E-state index in [0.29, 0.717) is 11.0 Å². The monoisotopic (exact) mass is 293 g/mol. The Balaban J connectivity index is 1.96. The normalized spacial score (nSPS) is 11.9. The van der Waals surface area contributed by atoms with Gasteiger partial charge in [-0.15, -0.1) is 11.8 Å². The SMILES string of the molecule is CC(Sc1cccc(Cl)c1)C(=O)Nc1ncccn1. The molecule has 1 aromatic carbocycles. The maximum atomic E-state index is 12.0. The standard InChI is InChI=1S/C13H12ClN3OS/c1-9(19-11-5-2-4-10(14)8-11)12(18)17-13-15-6-3-7-16-13/h2-9H,1H3,(H,15,16,17,18). The van der Waals surface area contributed by atoms with Crippen molar-refractivity contribution in [3.05, 3.63) is 47.7 Å². The molecule has 2 rings (SSSR count). The molecule has 0 saturated carbocycles. The van der Waals surface area contributed by atoms with Crippen LogP contribution < -0.4 is 5.32 Å². The number of anilines is 1. The molecule has 0 fully saturated rings. The van der Waals surface area contributed by atoms with Crippen LogP contribution in [0.2, 0.25) is 5.02 Å². The minimum atomic E-state index is -0.262. The fourth-order valence-electron chi connectivity index (χ4n) is 1.37. The molecule has 1 heterocycles. The molecule has 1 atom stereocenters. The lowest BCUT2D eigenvalue weighted by Gasteiger charge is -2.10. The molecular weight excluding hydrogens is 282 g/mol. The molecule has 0 aliphatic carbocycles. The first-order valence-electron chi connectivity index (χ1n) is 5.65. The molecular formula is C13H12ClN3OS. The van der Waals surface area contributed by atoms with E-state index in [1.807, 2.05) is 25.1 Å². The molecule has 1 unspecified atom stereocenters. The van der Waals surface area contributed by atoms with E-state index in [2.05, 4.69) is 15.3 Å². The van der Waals surface area contributed by atoms with Crippen LogP contribution in [0.25, 0.3) is 0 Å². The number of nitrogens with zero attached hydrogens (tertiary/aromatic N) is 2. The topological polar surface area (TPSA) is 54.9 Å². The van der Waals surface area contributed by atoms with Crippen molar-refractivity contribution in [1.29, 1.82) is 0 Å². The maximum Gasteiger partial charge on any atom is 0.239 e. The van der Waals surface area contributed by atoms with Gasteiger partial charge in [0.25, 0.3) is 0 Å². The number of hydrogen-bond donors (Lipinski definition) is 1. The quantitative estimate of drug-likeness (QED) is 0.879. The molecule has 0 aliphatic rings. The molecule has 0 bridgehead atoms. The van der Waals surface area contributed by atoms with Crippen molar-refractivity contribution in [2.75, 3.05) is 5.32 Å². The molecule has 98 valence electrons. The van der Waals surface area contributed by atoms with E-state index in [1.54, 1.807) is 24.5 Å². The van der Waals surface area contributed by atoms with E-state index < -0.39 is 0 Å². The summed E-state index contributed by atoms with van der Waals surface area (Å²) in [6, 6.07) is 9.10. The van der Waals surface area contributed by atoms with Gasteiger partial charge >= 0.3 is 0 Å². The van der Waals surface area contributed by atoms with Crippen LogP contribution in [0.3, 0.4) is 0 Å². The Kier molecular flexibility index (Phi) is 4.76. The van der Waals surface area contributed by atoms with E-state index in [4.69, 9.17) is 11.6 Å². The zero-order valence-corrected chi connectivity index (χ0v) is 11.8. The van der Waals surface area contributed by atoms with Crippen molar-refractivity contribution in [3.63, 3.8) is 0 Å². The number of aromatic nitrogens is 2. The van der Waals surface area contributed by atoms with Crippen LogP contribution in [0.5, 0.6) is 0 Å². The van der Waals surface area contributed by atoms with Crippen molar-refractivity contribution in [2.24, 2.45) is 0 Å². The number of carbonyl (C=O) groups excluding carboxylic acids is 1. The Bertz CT molecular complexity index is 565. The summed E-state index contributed by atoms with van der Waals surface area (Å²) in [7, 11) is 0. The highest BCUT2D eigenvalue weighted by Gasteiger charge is 2.15. The van der Waals surface area contributed by atoms with Crippen LogP contribution in [-0.2, 0) is 4.79 Å². The third-order valence-electron chi connectivity index (χ3n) is 2.28. The van der Waals surface area contributed by atoms with E-state index >= 15 is 0 Å². The molecule has 0 aliphatic heterocycles. The third-order valence-corrected chi connectivity index (χ3v) is 3.61. The summed E-state index contributed by atoms with van der Waals surface area (Å²) in [4.78, 5) is 20.8. The van der Waals surface area contributed by atoms with Crippen molar-refractivity contribution in [3.8, 4) is 0 Å². The lowest BCUT2D eigenvalue weighted by molar-refractivity contribution is -0.115. The number of nitrogens with one attached hydrogen (secondary N) is 1. The lowest BCUT2D eigenvalue weighted by atomic mass is 10.4. The highest BCUT2D eigenvalue weighted by atomic mass is 35.5. The molecule has 6 heteroatoms. The van der Waals surface area contributed by atoms with Crippen LogP contribution in [0.1, 0.15) is 6.92 Å². The number of amides is 1. The Morgan fingerprint density at radius 1 is 1.32 bits per heavy atom. The highest BCUT2D eigenvalue weighted by Crippen LogP contribution is 2.26. The minimum absolute atomic E-state index is 0.142. The number of hydrogen-bond acceptors (Lipinski definition) is 4. The summed E-state index contributed by atoms with van der Waals surface area (Å²) in [6.45, 7) is 1.82. The minimum Gasteiger partial charge on any atom is -0.294 e. The largest absolute Gasteiger partial charge is 0.294 e. The van der Waals surface area contributed by atoms with Crippen LogP contribution in [0, 0.1) is 0 Å². The smallest absolute Gasteiger partial charge is 0.239 e. The van der Waals surface area contributed by atoms with Gasteiger partial charge in [0.15, 0.2) is 0 Å². The summed E-state index contributed by atoms with van der Waals surface area (Å²) >= 11 is 7.34. The highest BCUT2D eigenvalue weighted by molar-refractivity contribution is 8.00. The van der Waals surface area contributed by atoms with Crippen molar-refractivity contribution < 1.29 is 4.79 Å². The molecule has 4 nitrogen and oxygen atoms in total. The summed E-state index contributed by atoms with van der Waals surface area (Å²) < 4.78 is 0. The molecule has 0 saturated heterocycles. The molecule has 1 N–H and O–H groups in total. The number of rotatable bonds is 4. The van der Waals surface area contributed by atoms with E-state index in [0.717, 1.165) is 4.90 Å². The van der Waals surface area contributed by atoms with Crippen molar-refractivity contribution >= 4 is 35.2 Å². The van der Waals surface area contributed by atoms with E-state index in [-0.39, 0.29) is 11.2 Å². The molecule has 0 radical (unpaired) electrons. The Morgan fingerprint density at radius 3 is 2.74 bits per heavy atom. The zero-order chi connectivity index (χ0) is 13.7. The fraction of sp³-hybridized carbons (Fsp3) is 0.154. The first-order chi connectivity index (χ1) is 9.15. The number of benzene rings is 1. The van der Waals surface area contributed by atoms with Gasteiger partial charge < -0.3 is 0 Å². The number of carbonyl (C=O) groups is 1. The maximum absolute atomic E-state index is 12.0. The van der Waals surface area contributed by atoms with Gasteiger partial charge in [-0.25, -0.2) is 9.97 Å². The summed E-state index contributed by atoms with van der Waals surface area (Å²) in [5.74, 6) is 0.169. The second-order valence-corrected chi connectivity index (χ2v) is 5.63. The average molecular weight is 294 g/mol. The summed E-state index contributed by atoms with van der Waals surface area (Å²) in [5, 5.41) is 3.06. The molecule has 1 amide bonds. The predicted molar refractivity (Wildman–Crippen MR) is 77.4 cm³/mol. The van der Waals surface area contributed by atoms with Crippen LogP contribution in [-0.4, -0.2) is 21.1 Å². The lowest BCUT2D eigenvalue weighted by Crippen LogP contribution is -2.23. The number of halogens is 1. The Labute approximate surface area is 120 Å². The van der Waals surface area contributed by atoms with Crippen LogP contribution >= 0.6 is 23.4 Å².